The van der Waals surface area contributed by atoms with Crippen molar-refractivity contribution in [2.24, 2.45) is 11.3 Å². The molecule has 1 amide bonds. The number of aromatic nitrogens is 2. The fraction of sp³-hybridized carbons (Fsp3) is 0.321. The first-order valence-electron chi connectivity index (χ1n) is 11.9. The number of nitrogen functional groups attached to an aromatic ring is 1. The van der Waals surface area contributed by atoms with Crippen LogP contribution in [0.5, 0.6) is 11.5 Å². The van der Waals surface area contributed by atoms with Crippen molar-refractivity contribution in [3.05, 3.63) is 79.3 Å². The second-order valence-corrected chi connectivity index (χ2v) is 9.35. The normalized spacial score (nSPS) is 18.8. The summed E-state index contributed by atoms with van der Waals surface area (Å²) in [4.78, 5) is 22.9. The van der Waals surface area contributed by atoms with Crippen LogP contribution in [0, 0.1) is 11.3 Å². The summed E-state index contributed by atoms with van der Waals surface area (Å²) in [6.07, 6.45) is 8.34. The maximum atomic E-state index is 12.0. The highest BCUT2D eigenvalue weighted by Gasteiger charge is 2.48. The second-order valence-electron chi connectivity index (χ2n) is 9.35. The van der Waals surface area contributed by atoms with Gasteiger partial charge in [0.1, 0.15) is 23.6 Å². The first-order valence-corrected chi connectivity index (χ1v) is 11.9. The lowest BCUT2D eigenvalue weighted by Gasteiger charge is -2.54. The molecule has 1 aliphatic heterocycles. The molecule has 6 nitrogen and oxygen atoms in total. The Kier molecular flexibility index (Phi) is 6.05. The lowest BCUT2D eigenvalue weighted by atomic mass is 9.54. The molecule has 2 N–H and O–H groups in total. The predicted molar refractivity (Wildman–Crippen MR) is 133 cm³/mol. The van der Waals surface area contributed by atoms with Crippen LogP contribution in [0.3, 0.4) is 0 Å². The number of ether oxygens (including phenoxy) is 1. The molecule has 34 heavy (non-hydrogen) atoms. The Hall–Kier alpha value is -3.67. The zero-order chi connectivity index (χ0) is 23.5. The third-order valence-electron chi connectivity index (χ3n) is 7.62. The Balaban J connectivity index is 1.32. The zero-order valence-electron chi connectivity index (χ0n) is 19.3. The third kappa shape index (κ3) is 4.28. The maximum absolute atomic E-state index is 12.0. The Labute approximate surface area is 200 Å². The quantitative estimate of drug-likeness (QED) is 0.514. The molecule has 1 aliphatic carbocycles. The molecule has 2 fully saturated rings. The van der Waals surface area contributed by atoms with E-state index in [1.807, 2.05) is 59.5 Å². The molecular weight excluding hydrogens is 424 g/mol. The predicted octanol–water partition coefficient (Wildman–Crippen LogP) is 5.27. The van der Waals surface area contributed by atoms with Gasteiger partial charge in [0.2, 0.25) is 5.91 Å². The number of carbonyl (C=O) groups is 1. The van der Waals surface area contributed by atoms with Crippen molar-refractivity contribution in [2.45, 2.75) is 32.1 Å². The van der Waals surface area contributed by atoms with Crippen LogP contribution in [-0.4, -0.2) is 33.9 Å². The monoisotopic (exact) mass is 454 g/mol. The third-order valence-corrected chi connectivity index (χ3v) is 7.62. The van der Waals surface area contributed by atoms with Gasteiger partial charge >= 0.3 is 0 Å². The number of benzene rings is 2. The SMILES string of the molecule is C=CC(=O)N1CCC2(CCC2Cc2ncnc(N)c2-c2ccc(Oc3ccccc3)cc2)CC1. The van der Waals surface area contributed by atoms with Crippen molar-refractivity contribution in [1.82, 2.24) is 14.9 Å². The van der Waals surface area contributed by atoms with E-state index in [2.05, 4.69) is 16.5 Å². The van der Waals surface area contributed by atoms with E-state index in [4.69, 9.17) is 10.5 Å². The number of hydrogen-bond donors (Lipinski definition) is 1. The minimum absolute atomic E-state index is 0.0382. The fourth-order valence-electron chi connectivity index (χ4n) is 5.49. The van der Waals surface area contributed by atoms with Crippen LogP contribution >= 0.6 is 0 Å². The lowest BCUT2D eigenvalue weighted by Crippen LogP contribution is -2.51. The van der Waals surface area contributed by atoms with Crippen LogP contribution in [0.1, 0.15) is 31.4 Å². The summed E-state index contributed by atoms with van der Waals surface area (Å²) in [5.74, 6) is 2.65. The van der Waals surface area contributed by atoms with Crippen LogP contribution in [0.15, 0.2) is 73.6 Å². The first kappa shape index (κ1) is 22.1. The number of para-hydroxylation sites is 1. The number of hydrogen-bond acceptors (Lipinski definition) is 5. The maximum Gasteiger partial charge on any atom is 0.245 e. The summed E-state index contributed by atoms with van der Waals surface area (Å²) >= 11 is 0. The zero-order valence-corrected chi connectivity index (χ0v) is 19.3. The van der Waals surface area contributed by atoms with E-state index in [1.165, 1.54) is 18.9 Å². The minimum Gasteiger partial charge on any atom is -0.457 e. The van der Waals surface area contributed by atoms with Crippen molar-refractivity contribution >= 4 is 11.7 Å². The number of rotatable bonds is 6. The smallest absolute Gasteiger partial charge is 0.245 e. The average molecular weight is 455 g/mol. The molecule has 1 unspecified atom stereocenters. The van der Waals surface area contributed by atoms with Crippen LogP contribution in [0.25, 0.3) is 11.1 Å². The Morgan fingerprint density at radius 3 is 2.41 bits per heavy atom. The molecule has 2 aromatic carbocycles. The largest absolute Gasteiger partial charge is 0.457 e. The molecular formula is C28H30N4O2. The number of nitrogens with two attached hydrogens (primary N) is 1. The van der Waals surface area contributed by atoms with E-state index in [0.29, 0.717) is 17.2 Å². The molecule has 0 bridgehead atoms. The van der Waals surface area contributed by atoms with E-state index in [0.717, 1.165) is 60.7 Å². The van der Waals surface area contributed by atoms with E-state index < -0.39 is 0 Å². The molecule has 5 rings (SSSR count). The molecule has 1 atom stereocenters. The summed E-state index contributed by atoms with van der Waals surface area (Å²) in [6, 6.07) is 17.7. The van der Waals surface area contributed by atoms with Gasteiger partial charge in [0.05, 0.1) is 5.69 Å². The van der Waals surface area contributed by atoms with Gasteiger partial charge in [-0.25, -0.2) is 9.97 Å². The van der Waals surface area contributed by atoms with Gasteiger partial charge in [-0.15, -0.1) is 0 Å². The van der Waals surface area contributed by atoms with E-state index in [-0.39, 0.29) is 5.91 Å². The summed E-state index contributed by atoms with van der Waals surface area (Å²) in [6.45, 7) is 5.24. The van der Waals surface area contributed by atoms with Gasteiger partial charge in [0, 0.05) is 18.7 Å². The van der Waals surface area contributed by atoms with E-state index in [9.17, 15) is 4.79 Å². The highest BCUT2D eigenvalue weighted by Crippen LogP contribution is 2.55. The molecule has 1 spiro atoms. The topological polar surface area (TPSA) is 81.3 Å². The number of carbonyl (C=O) groups excluding carboxylic acids is 1. The van der Waals surface area contributed by atoms with Crippen LogP contribution in [0.2, 0.25) is 0 Å². The highest BCUT2D eigenvalue weighted by atomic mass is 16.5. The molecule has 2 aliphatic rings. The van der Waals surface area contributed by atoms with Gasteiger partial charge in [-0.05, 0) is 79.3 Å². The standard InChI is InChI=1S/C28H30N4O2/c1-2-25(33)32-16-14-28(15-17-32)13-12-21(28)18-24-26(27(29)31-19-30-24)20-8-10-23(11-9-20)34-22-6-4-3-5-7-22/h2-11,19,21H,1,12-18H2,(H2,29,30,31). The first-order chi connectivity index (χ1) is 16.6. The van der Waals surface area contributed by atoms with Gasteiger partial charge in [-0.2, -0.15) is 0 Å². The Bertz CT molecular complexity index is 1170. The molecule has 174 valence electrons. The summed E-state index contributed by atoms with van der Waals surface area (Å²) in [7, 11) is 0. The summed E-state index contributed by atoms with van der Waals surface area (Å²) < 4.78 is 5.93. The van der Waals surface area contributed by atoms with Crippen molar-refractivity contribution in [3.8, 4) is 22.6 Å². The van der Waals surface area contributed by atoms with Gasteiger partial charge in [0.15, 0.2) is 0 Å². The average Bonchev–Trinajstić information content (AvgIpc) is 2.87. The van der Waals surface area contributed by atoms with Crippen LogP contribution in [-0.2, 0) is 11.2 Å². The number of anilines is 1. The molecule has 6 heteroatoms. The fourth-order valence-corrected chi connectivity index (χ4v) is 5.49. The summed E-state index contributed by atoms with van der Waals surface area (Å²) in [5, 5.41) is 0. The molecule has 2 heterocycles. The Morgan fingerprint density at radius 2 is 1.76 bits per heavy atom. The van der Waals surface area contributed by atoms with E-state index in [1.54, 1.807) is 6.33 Å². The molecule has 0 radical (unpaired) electrons. The van der Waals surface area contributed by atoms with Gasteiger partial charge in [-0.3, -0.25) is 4.79 Å². The van der Waals surface area contributed by atoms with E-state index >= 15 is 0 Å². The van der Waals surface area contributed by atoms with Gasteiger partial charge < -0.3 is 15.4 Å². The molecule has 1 saturated heterocycles. The van der Waals surface area contributed by atoms with Crippen molar-refractivity contribution in [1.29, 1.82) is 0 Å². The van der Waals surface area contributed by atoms with Crippen molar-refractivity contribution in [2.75, 3.05) is 18.8 Å². The molecule has 1 saturated carbocycles. The lowest BCUT2D eigenvalue weighted by molar-refractivity contribution is -0.131. The highest BCUT2D eigenvalue weighted by molar-refractivity contribution is 5.87. The van der Waals surface area contributed by atoms with Crippen molar-refractivity contribution < 1.29 is 9.53 Å². The molecule has 1 aromatic heterocycles. The van der Waals surface area contributed by atoms with Gasteiger partial charge in [-0.1, -0.05) is 36.9 Å². The van der Waals surface area contributed by atoms with Gasteiger partial charge in [0.25, 0.3) is 0 Å². The number of nitrogens with zero attached hydrogens (tertiary/aromatic N) is 3. The summed E-state index contributed by atoms with van der Waals surface area (Å²) in [5.41, 5.74) is 9.55. The number of likely N-dealkylation sites (tertiary alicyclic amines) is 1. The minimum atomic E-state index is 0.0382. The second kappa shape index (κ2) is 9.29. The van der Waals surface area contributed by atoms with Crippen LogP contribution in [0.4, 0.5) is 5.82 Å². The van der Waals surface area contributed by atoms with Crippen molar-refractivity contribution in [3.63, 3.8) is 0 Å². The Morgan fingerprint density at radius 1 is 1.06 bits per heavy atom. The number of piperidine rings is 1. The van der Waals surface area contributed by atoms with Crippen LogP contribution < -0.4 is 10.5 Å². The molecule has 3 aromatic rings. The number of amides is 1.